The molecule has 0 saturated carbocycles. The van der Waals surface area contributed by atoms with Crippen molar-refractivity contribution in [2.24, 2.45) is 5.92 Å². The number of piperidine rings is 1. The fraction of sp³-hybridized carbons (Fsp3) is 0.875. The molecule has 1 heterocycles. The topological polar surface area (TPSA) is 52.7 Å². The minimum Gasteiger partial charge on any atom is -0.342 e. The summed E-state index contributed by atoms with van der Waals surface area (Å²) in [5, 5.41) is 3.09. The van der Waals surface area contributed by atoms with Crippen molar-refractivity contribution in [3.63, 3.8) is 0 Å². The van der Waals surface area contributed by atoms with Gasteiger partial charge in [0, 0.05) is 38.1 Å². The maximum atomic E-state index is 12.3. The minimum absolute atomic E-state index is 0.0183. The predicted octanol–water partition coefficient (Wildman–Crippen LogP) is 2.47. The van der Waals surface area contributed by atoms with Gasteiger partial charge in [0.2, 0.25) is 5.91 Å². The molecule has 1 aliphatic heterocycles. The summed E-state index contributed by atoms with van der Waals surface area (Å²) in [7, 11) is 0. The number of hydrogen-bond donors (Lipinski definition) is 1. The van der Waals surface area contributed by atoms with E-state index in [2.05, 4.69) is 19.2 Å². The number of nitrogens with zero attached hydrogens (tertiary/aromatic N) is 2. The highest BCUT2D eigenvalue weighted by atomic mass is 16.2. The molecular weight excluding hydrogens is 266 g/mol. The molecular formula is C16H31N3O2. The van der Waals surface area contributed by atoms with Gasteiger partial charge in [0.15, 0.2) is 0 Å². The molecule has 1 aliphatic rings. The number of nitrogens with one attached hydrogen (secondary N) is 1. The first kappa shape index (κ1) is 17.8. The standard InChI is InChI=1S/C16H31N3O2/c1-5-13(6-2)15(20)19-11-9-14(10-12-19)17-16(21)18(7-3)8-4/h13-14H,5-12H2,1-4H3,(H,17,21). The molecule has 0 aromatic carbocycles. The largest absolute Gasteiger partial charge is 0.342 e. The molecule has 0 bridgehead atoms. The molecule has 0 spiro atoms. The minimum atomic E-state index is 0.0183. The lowest BCUT2D eigenvalue weighted by atomic mass is 9.98. The lowest BCUT2D eigenvalue weighted by Crippen LogP contribution is -2.50. The van der Waals surface area contributed by atoms with Crippen LogP contribution >= 0.6 is 0 Å². The van der Waals surface area contributed by atoms with E-state index in [0.717, 1.165) is 51.9 Å². The highest BCUT2D eigenvalue weighted by Gasteiger charge is 2.27. The first-order valence-electron chi connectivity index (χ1n) is 8.41. The van der Waals surface area contributed by atoms with Crippen LogP contribution in [-0.2, 0) is 4.79 Å². The highest BCUT2D eigenvalue weighted by molar-refractivity contribution is 5.79. The van der Waals surface area contributed by atoms with Crippen molar-refractivity contribution in [1.82, 2.24) is 15.1 Å². The van der Waals surface area contributed by atoms with Crippen molar-refractivity contribution >= 4 is 11.9 Å². The van der Waals surface area contributed by atoms with Crippen LogP contribution in [0.2, 0.25) is 0 Å². The van der Waals surface area contributed by atoms with Crippen LogP contribution in [0.1, 0.15) is 53.4 Å². The quantitative estimate of drug-likeness (QED) is 0.819. The van der Waals surface area contributed by atoms with Crippen molar-refractivity contribution in [2.75, 3.05) is 26.2 Å². The summed E-state index contributed by atoms with van der Waals surface area (Å²) in [5.41, 5.74) is 0. The van der Waals surface area contributed by atoms with E-state index in [-0.39, 0.29) is 23.9 Å². The molecule has 1 fully saturated rings. The van der Waals surface area contributed by atoms with E-state index in [1.165, 1.54) is 0 Å². The summed E-state index contributed by atoms with van der Waals surface area (Å²) in [6.07, 6.45) is 3.54. The van der Waals surface area contributed by atoms with E-state index in [1.807, 2.05) is 18.7 Å². The Labute approximate surface area is 129 Å². The smallest absolute Gasteiger partial charge is 0.317 e. The molecule has 0 aromatic rings. The number of rotatable bonds is 6. The Hall–Kier alpha value is -1.26. The summed E-state index contributed by atoms with van der Waals surface area (Å²) < 4.78 is 0. The van der Waals surface area contributed by atoms with Gasteiger partial charge in [0.05, 0.1) is 0 Å². The van der Waals surface area contributed by atoms with Crippen LogP contribution in [0.25, 0.3) is 0 Å². The van der Waals surface area contributed by atoms with Gasteiger partial charge >= 0.3 is 6.03 Å². The molecule has 5 heteroatoms. The van der Waals surface area contributed by atoms with Crippen LogP contribution in [0.15, 0.2) is 0 Å². The molecule has 1 N–H and O–H groups in total. The number of carbonyl (C=O) groups excluding carboxylic acids is 2. The Morgan fingerprint density at radius 2 is 1.62 bits per heavy atom. The lowest BCUT2D eigenvalue weighted by Gasteiger charge is -2.35. The highest BCUT2D eigenvalue weighted by Crippen LogP contribution is 2.17. The van der Waals surface area contributed by atoms with Gasteiger partial charge in [-0.2, -0.15) is 0 Å². The number of likely N-dealkylation sites (tertiary alicyclic amines) is 1. The van der Waals surface area contributed by atoms with Gasteiger partial charge in [-0.3, -0.25) is 4.79 Å². The van der Waals surface area contributed by atoms with Crippen LogP contribution in [0.4, 0.5) is 4.79 Å². The van der Waals surface area contributed by atoms with Gasteiger partial charge in [-0.25, -0.2) is 4.79 Å². The normalized spacial score (nSPS) is 16.1. The fourth-order valence-corrected chi connectivity index (χ4v) is 2.92. The zero-order chi connectivity index (χ0) is 15.8. The summed E-state index contributed by atoms with van der Waals surface area (Å²) in [6, 6.07) is 0.216. The molecule has 0 aromatic heterocycles. The van der Waals surface area contributed by atoms with Crippen LogP contribution in [0, 0.1) is 5.92 Å². The molecule has 1 saturated heterocycles. The van der Waals surface area contributed by atoms with E-state index in [0.29, 0.717) is 0 Å². The van der Waals surface area contributed by atoms with Crippen LogP contribution in [0.3, 0.4) is 0 Å². The fourth-order valence-electron chi connectivity index (χ4n) is 2.92. The molecule has 0 unspecified atom stereocenters. The van der Waals surface area contributed by atoms with Gasteiger partial charge in [0.25, 0.3) is 0 Å². The summed E-state index contributed by atoms with van der Waals surface area (Å²) in [6.45, 7) is 11.1. The zero-order valence-electron chi connectivity index (χ0n) is 14.0. The van der Waals surface area contributed by atoms with E-state index >= 15 is 0 Å². The zero-order valence-corrected chi connectivity index (χ0v) is 14.0. The first-order chi connectivity index (χ1) is 10.1. The van der Waals surface area contributed by atoms with E-state index in [9.17, 15) is 9.59 Å². The van der Waals surface area contributed by atoms with E-state index in [4.69, 9.17) is 0 Å². The van der Waals surface area contributed by atoms with E-state index in [1.54, 1.807) is 4.90 Å². The van der Waals surface area contributed by atoms with Crippen molar-refractivity contribution in [2.45, 2.75) is 59.4 Å². The lowest BCUT2D eigenvalue weighted by molar-refractivity contribution is -0.136. The van der Waals surface area contributed by atoms with Crippen LogP contribution in [-0.4, -0.2) is 54.0 Å². The second-order valence-corrected chi connectivity index (χ2v) is 5.73. The first-order valence-corrected chi connectivity index (χ1v) is 8.41. The third-order valence-corrected chi connectivity index (χ3v) is 4.52. The molecule has 0 radical (unpaired) electrons. The monoisotopic (exact) mass is 297 g/mol. The molecule has 122 valence electrons. The third-order valence-electron chi connectivity index (χ3n) is 4.52. The second kappa shape index (κ2) is 8.90. The summed E-state index contributed by atoms with van der Waals surface area (Å²) in [5.74, 6) is 0.445. The van der Waals surface area contributed by atoms with Gasteiger partial charge < -0.3 is 15.1 Å². The van der Waals surface area contributed by atoms with Crippen molar-refractivity contribution in [3.05, 3.63) is 0 Å². The van der Waals surface area contributed by atoms with Crippen LogP contribution < -0.4 is 5.32 Å². The Balaban J connectivity index is 2.42. The average Bonchev–Trinajstić information content (AvgIpc) is 2.50. The predicted molar refractivity (Wildman–Crippen MR) is 85.1 cm³/mol. The maximum Gasteiger partial charge on any atom is 0.317 e. The number of amides is 3. The molecule has 3 amide bonds. The summed E-state index contributed by atoms with van der Waals surface area (Å²) >= 11 is 0. The van der Waals surface area contributed by atoms with Crippen molar-refractivity contribution < 1.29 is 9.59 Å². The molecule has 21 heavy (non-hydrogen) atoms. The molecule has 1 rings (SSSR count). The van der Waals surface area contributed by atoms with Gasteiger partial charge in [-0.15, -0.1) is 0 Å². The van der Waals surface area contributed by atoms with Crippen LogP contribution in [0.5, 0.6) is 0 Å². The van der Waals surface area contributed by atoms with E-state index < -0.39 is 0 Å². The Bertz CT molecular complexity index is 330. The molecule has 0 aliphatic carbocycles. The number of hydrogen-bond acceptors (Lipinski definition) is 2. The number of urea groups is 1. The van der Waals surface area contributed by atoms with Gasteiger partial charge in [-0.1, -0.05) is 13.8 Å². The van der Waals surface area contributed by atoms with Gasteiger partial charge in [-0.05, 0) is 39.5 Å². The SMILES string of the molecule is CCC(CC)C(=O)N1CCC(NC(=O)N(CC)CC)CC1. The third kappa shape index (κ3) is 4.90. The average molecular weight is 297 g/mol. The Morgan fingerprint density at radius 1 is 1.10 bits per heavy atom. The molecule has 5 nitrogen and oxygen atoms in total. The number of carbonyl (C=O) groups is 2. The van der Waals surface area contributed by atoms with Crippen molar-refractivity contribution in [1.29, 1.82) is 0 Å². The van der Waals surface area contributed by atoms with Gasteiger partial charge in [0.1, 0.15) is 0 Å². The maximum absolute atomic E-state index is 12.3. The molecule has 0 atom stereocenters. The Kier molecular flexibility index (Phi) is 7.54. The Morgan fingerprint density at radius 3 is 2.05 bits per heavy atom. The van der Waals surface area contributed by atoms with Crippen molar-refractivity contribution in [3.8, 4) is 0 Å². The summed E-state index contributed by atoms with van der Waals surface area (Å²) in [4.78, 5) is 28.1. The second-order valence-electron chi connectivity index (χ2n) is 5.73.